The van der Waals surface area contributed by atoms with Gasteiger partial charge in [-0.1, -0.05) is 62.4 Å². The summed E-state index contributed by atoms with van der Waals surface area (Å²) in [4.78, 5) is 20.2. The minimum atomic E-state index is -0.0843. The van der Waals surface area contributed by atoms with Gasteiger partial charge in [0, 0.05) is 30.1 Å². The summed E-state index contributed by atoms with van der Waals surface area (Å²) in [6.45, 7) is 5.64. The maximum absolute atomic E-state index is 13.4. The number of halogens is 2. The Balaban J connectivity index is 0.00000150. The van der Waals surface area contributed by atoms with Crippen molar-refractivity contribution in [2.45, 2.75) is 26.3 Å². The van der Waals surface area contributed by atoms with E-state index >= 15 is 0 Å². The number of hydrogen-bond acceptors (Lipinski definition) is 3. The number of nitrogens with zero attached hydrogens (tertiary/aromatic N) is 2. The third kappa shape index (κ3) is 4.55. The minimum Gasteiger partial charge on any atom is -0.338 e. The quantitative estimate of drug-likeness (QED) is 0.624. The van der Waals surface area contributed by atoms with Crippen molar-refractivity contribution in [2.75, 3.05) is 13.1 Å². The van der Waals surface area contributed by atoms with Crippen LogP contribution < -0.4 is 5.73 Å². The molecule has 0 spiro atoms. The topological polar surface area (TPSA) is 59.2 Å². The van der Waals surface area contributed by atoms with E-state index in [4.69, 9.17) is 10.7 Å². The van der Waals surface area contributed by atoms with Crippen molar-refractivity contribution < 1.29 is 4.79 Å². The number of amides is 1. The largest absolute Gasteiger partial charge is 0.338 e. The van der Waals surface area contributed by atoms with Crippen molar-refractivity contribution in [3.05, 3.63) is 66.2 Å². The molecule has 0 saturated carbocycles. The lowest BCUT2D eigenvalue weighted by atomic mass is 9.79. The predicted molar refractivity (Wildman–Crippen MR) is 124 cm³/mol. The zero-order valence-corrected chi connectivity index (χ0v) is 18.3. The second kappa shape index (κ2) is 9.12. The third-order valence-electron chi connectivity index (χ3n) is 5.62. The molecule has 0 aliphatic carbocycles. The minimum absolute atomic E-state index is 0. The number of nitrogens with two attached hydrogens (primary N) is 1. The van der Waals surface area contributed by atoms with Crippen molar-refractivity contribution in [2.24, 2.45) is 11.1 Å². The molecule has 6 heteroatoms. The van der Waals surface area contributed by atoms with Gasteiger partial charge in [0.15, 0.2) is 0 Å². The molecule has 3 aromatic rings. The highest BCUT2D eigenvalue weighted by molar-refractivity contribution is 6.07. The van der Waals surface area contributed by atoms with Gasteiger partial charge in [-0.25, -0.2) is 4.98 Å². The molecule has 0 radical (unpaired) electrons. The van der Waals surface area contributed by atoms with E-state index < -0.39 is 0 Å². The highest BCUT2D eigenvalue weighted by Crippen LogP contribution is 2.31. The molecule has 1 amide bonds. The van der Waals surface area contributed by atoms with Crippen LogP contribution in [0.2, 0.25) is 0 Å². The van der Waals surface area contributed by atoms with E-state index in [-0.39, 0.29) is 42.2 Å². The first kappa shape index (κ1) is 23.1. The SMILES string of the molecule is CC1(C)CN(C(=O)c2cc(-c3ccccc3)nc3ccccc23)CCC1N.Cl.Cl. The average Bonchev–Trinajstić information content (AvgIpc) is 2.69. The molecule has 1 aliphatic heterocycles. The number of benzene rings is 2. The summed E-state index contributed by atoms with van der Waals surface area (Å²) < 4.78 is 0. The average molecular weight is 432 g/mol. The molecule has 4 rings (SSSR count). The molecule has 1 aromatic heterocycles. The van der Waals surface area contributed by atoms with E-state index in [0.717, 1.165) is 28.6 Å². The van der Waals surface area contributed by atoms with E-state index in [9.17, 15) is 4.79 Å². The molecule has 0 bridgehead atoms. The summed E-state index contributed by atoms with van der Waals surface area (Å²) in [7, 11) is 0. The number of rotatable bonds is 2. The first-order chi connectivity index (χ1) is 13.0. The molecule has 1 fully saturated rings. The van der Waals surface area contributed by atoms with E-state index in [2.05, 4.69) is 13.8 Å². The smallest absolute Gasteiger partial charge is 0.254 e. The van der Waals surface area contributed by atoms with Crippen LogP contribution in [0.3, 0.4) is 0 Å². The number of pyridine rings is 1. The van der Waals surface area contributed by atoms with Crippen LogP contribution in [-0.2, 0) is 0 Å². The Kier molecular flexibility index (Phi) is 7.28. The zero-order valence-electron chi connectivity index (χ0n) is 16.7. The predicted octanol–water partition coefficient (Wildman–Crippen LogP) is 4.94. The fourth-order valence-corrected chi connectivity index (χ4v) is 3.83. The van der Waals surface area contributed by atoms with E-state index in [1.165, 1.54) is 0 Å². The van der Waals surface area contributed by atoms with E-state index in [1.54, 1.807) is 0 Å². The van der Waals surface area contributed by atoms with Crippen LogP contribution in [0.5, 0.6) is 0 Å². The summed E-state index contributed by atoms with van der Waals surface area (Å²) in [5, 5.41) is 0.898. The summed E-state index contributed by atoms with van der Waals surface area (Å²) >= 11 is 0. The van der Waals surface area contributed by atoms with Crippen LogP contribution in [0.1, 0.15) is 30.6 Å². The van der Waals surface area contributed by atoms with Gasteiger partial charge in [-0.2, -0.15) is 0 Å². The van der Waals surface area contributed by atoms with Crippen molar-refractivity contribution in [1.29, 1.82) is 0 Å². The van der Waals surface area contributed by atoms with Crippen LogP contribution in [0.25, 0.3) is 22.2 Å². The summed E-state index contributed by atoms with van der Waals surface area (Å²) in [6.07, 6.45) is 0.827. The number of carbonyl (C=O) groups excluding carboxylic acids is 1. The Bertz CT molecular complexity index is 992. The lowest BCUT2D eigenvalue weighted by Gasteiger charge is -2.42. The molecule has 1 unspecified atom stereocenters. The zero-order chi connectivity index (χ0) is 19.0. The second-order valence-corrected chi connectivity index (χ2v) is 8.05. The molecular formula is C23H27Cl2N3O. The monoisotopic (exact) mass is 431 g/mol. The van der Waals surface area contributed by atoms with Crippen molar-refractivity contribution in [3.63, 3.8) is 0 Å². The van der Waals surface area contributed by atoms with Crippen LogP contribution in [-0.4, -0.2) is 34.9 Å². The van der Waals surface area contributed by atoms with Gasteiger partial charge in [-0.15, -0.1) is 24.8 Å². The first-order valence-electron chi connectivity index (χ1n) is 9.46. The highest BCUT2D eigenvalue weighted by Gasteiger charge is 2.36. The Morgan fingerprint density at radius 3 is 2.41 bits per heavy atom. The molecule has 2 aromatic carbocycles. The molecule has 2 N–H and O–H groups in total. The van der Waals surface area contributed by atoms with Crippen LogP contribution in [0.4, 0.5) is 0 Å². The van der Waals surface area contributed by atoms with Crippen molar-refractivity contribution >= 4 is 41.6 Å². The van der Waals surface area contributed by atoms with Gasteiger partial charge in [-0.05, 0) is 24.0 Å². The van der Waals surface area contributed by atoms with Gasteiger partial charge in [0.25, 0.3) is 5.91 Å². The standard InChI is InChI=1S/C23H25N3O.2ClH/c1-23(2)15-26(13-12-21(23)24)22(27)18-14-20(16-8-4-3-5-9-16)25-19-11-7-6-10-17(18)19;;/h3-11,14,21H,12-13,15,24H2,1-2H3;2*1H. The number of likely N-dealkylation sites (tertiary alicyclic amines) is 1. The molecule has 1 atom stereocenters. The van der Waals surface area contributed by atoms with Crippen LogP contribution >= 0.6 is 24.8 Å². The van der Waals surface area contributed by atoms with E-state index in [0.29, 0.717) is 18.7 Å². The van der Waals surface area contributed by atoms with E-state index in [1.807, 2.05) is 65.6 Å². The fourth-order valence-electron chi connectivity index (χ4n) is 3.83. The van der Waals surface area contributed by atoms with Gasteiger partial charge in [0.05, 0.1) is 16.8 Å². The summed E-state index contributed by atoms with van der Waals surface area (Å²) in [5.74, 6) is 0.0609. The number of hydrogen-bond donors (Lipinski definition) is 1. The second-order valence-electron chi connectivity index (χ2n) is 8.05. The highest BCUT2D eigenvalue weighted by atomic mass is 35.5. The number of para-hydroxylation sites is 1. The van der Waals surface area contributed by atoms with Crippen LogP contribution in [0, 0.1) is 5.41 Å². The molecule has 1 aliphatic rings. The summed E-state index contributed by atoms with van der Waals surface area (Å²) in [6, 6.07) is 19.9. The molecule has 4 nitrogen and oxygen atoms in total. The summed E-state index contributed by atoms with van der Waals surface area (Å²) in [5.41, 5.74) is 9.57. The molecular weight excluding hydrogens is 405 g/mol. The third-order valence-corrected chi connectivity index (χ3v) is 5.62. The first-order valence-corrected chi connectivity index (χ1v) is 9.46. The Hall–Kier alpha value is -2.14. The molecule has 154 valence electrons. The van der Waals surface area contributed by atoms with Gasteiger partial charge < -0.3 is 10.6 Å². The van der Waals surface area contributed by atoms with Gasteiger partial charge >= 0.3 is 0 Å². The van der Waals surface area contributed by atoms with Gasteiger partial charge in [-0.3, -0.25) is 4.79 Å². The van der Waals surface area contributed by atoms with Crippen LogP contribution in [0.15, 0.2) is 60.7 Å². The Labute approximate surface area is 184 Å². The van der Waals surface area contributed by atoms with Crippen molar-refractivity contribution in [3.8, 4) is 11.3 Å². The van der Waals surface area contributed by atoms with Crippen molar-refractivity contribution in [1.82, 2.24) is 9.88 Å². The maximum Gasteiger partial charge on any atom is 0.254 e. The maximum atomic E-state index is 13.4. The Morgan fingerprint density at radius 1 is 1.07 bits per heavy atom. The lowest BCUT2D eigenvalue weighted by Crippen LogP contribution is -2.54. The van der Waals surface area contributed by atoms with Gasteiger partial charge in [0.2, 0.25) is 0 Å². The number of piperidine rings is 1. The Morgan fingerprint density at radius 2 is 1.72 bits per heavy atom. The normalized spacial score (nSPS) is 17.9. The number of fused-ring (bicyclic) bond motifs is 1. The number of carbonyl (C=O) groups is 1. The lowest BCUT2D eigenvalue weighted by molar-refractivity contribution is 0.0535. The number of aromatic nitrogens is 1. The molecule has 2 heterocycles. The fraction of sp³-hybridized carbons (Fsp3) is 0.304. The van der Waals surface area contributed by atoms with Gasteiger partial charge in [0.1, 0.15) is 0 Å². The molecule has 29 heavy (non-hydrogen) atoms. The molecule has 1 saturated heterocycles.